The molecule has 2 saturated heterocycles. The van der Waals surface area contributed by atoms with Crippen LogP contribution in [-0.4, -0.2) is 57.5 Å². The Morgan fingerprint density at radius 1 is 1.03 bits per heavy atom. The summed E-state index contributed by atoms with van der Waals surface area (Å²) >= 11 is 1.59. The number of para-hydroxylation sites is 1. The Kier molecular flexibility index (Phi) is 4.37. The lowest BCUT2D eigenvalue weighted by atomic mass is 10.0. The number of anilines is 3. The summed E-state index contributed by atoms with van der Waals surface area (Å²) in [6.07, 6.45) is 5.13. The Bertz CT molecular complexity index is 1600. The van der Waals surface area contributed by atoms with Gasteiger partial charge >= 0.3 is 0 Å². The summed E-state index contributed by atoms with van der Waals surface area (Å²) in [5, 5.41) is 3.85. The van der Waals surface area contributed by atoms with Gasteiger partial charge in [0, 0.05) is 50.5 Å². The van der Waals surface area contributed by atoms with Crippen LogP contribution >= 0.6 is 11.3 Å². The third-order valence-corrected chi connectivity index (χ3v) is 8.22. The summed E-state index contributed by atoms with van der Waals surface area (Å²) in [6.45, 7) is 4.17. The molecule has 0 amide bonds. The zero-order valence-corrected chi connectivity index (χ0v) is 19.5. The molecule has 170 valence electrons. The Morgan fingerprint density at radius 3 is 2.59 bits per heavy atom. The van der Waals surface area contributed by atoms with Crippen LogP contribution in [0.3, 0.4) is 0 Å². The molecule has 9 heteroatoms. The quantitative estimate of drug-likeness (QED) is 0.433. The van der Waals surface area contributed by atoms with Crippen molar-refractivity contribution >= 4 is 54.7 Å². The fraction of sp³-hybridized carbons (Fsp3) is 0.280. The van der Waals surface area contributed by atoms with Crippen LogP contribution < -0.4 is 15.6 Å². The van der Waals surface area contributed by atoms with Crippen LogP contribution in [0, 0.1) is 11.8 Å². The Hall–Kier alpha value is -3.56. The van der Waals surface area contributed by atoms with Crippen molar-refractivity contribution in [1.29, 1.82) is 0 Å². The number of thiazole rings is 1. The van der Waals surface area contributed by atoms with Crippen LogP contribution in [0.15, 0.2) is 59.8 Å². The van der Waals surface area contributed by atoms with E-state index in [-0.39, 0.29) is 5.43 Å². The largest absolute Gasteiger partial charge is 0.350 e. The van der Waals surface area contributed by atoms with E-state index < -0.39 is 0 Å². The molecule has 6 heterocycles. The van der Waals surface area contributed by atoms with Gasteiger partial charge in [-0.25, -0.2) is 4.98 Å². The van der Waals surface area contributed by atoms with Gasteiger partial charge in [0.2, 0.25) is 11.4 Å². The number of pyridine rings is 2. The second kappa shape index (κ2) is 7.48. The number of nitrogens with one attached hydrogen (secondary N) is 1. The van der Waals surface area contributed by atoms with E-state index in [2.05, 4.69) is 48.7 Å². The van der Waals surface area contributed by atoms with Gasteiger partial charge in [-0.15, -0.1) is 11.3 Å². The first-order chi connectivity index (χ1) is 16.7. The van der Waals surface area contributed by atoms with E-state index in [4.69, 9.17) is 4.98 Å². The van der Waals surface area contributed by atoms with Crippen LogP contribution in [0.25, 0.3) is 26.1 Å². The first-order valence-corrected chi connectivity index (χ1v) is 12.3. The molecular formula is C25H23N7OS. The minimum absolute atomic E-state index is 0.0927. The molecule has 2 aliphatic heterocycles. The maximum atomic E-state index is 13.7. The SMILES string of the molecule is CN1CC2CN(c3ncc4c(=O)c(Nc5ccncc5)c5sc6ccccc6n5c4n3)CC2C1. The lowest BCUT2D eigenvalue weighted by Gasteiger charge is -2.19. The van der Waals surface area contributed by atoms with Crippen molar-refractivity contribution in [3.63, 3.8) is 0 Å². The average molecular weight is 470 g/mol. The van der Waals surface area contributed by atoms with Crippen LogP contribution in [0.5, 0.6) is 0 Å². The normalized spacial score (nSPS) is 20.6. The number of fused-ring (bicyclic) bond motifs is 6. The van der Waals surface area contributed by atoms with Crippen LogP contribution in [0.1, 0.15) is 0 Å². The molecule has 1 aromatic carbocycles. The second-order valence-electron chi connectivity index (χ2n) is 9.33. The first kappa shape index (κ1) is 19.9. The van der Waals surface area contributed by atoms with Crippen molar-refractivity contribution in [3.05, 3.63) is 65.2 Å². The monoisotopic (exact) mass is 469 g/mol. The van der Waals surface area contributed by atoms with Gasteiger partial charge in [-0.05, 0) is 43.1 Å². The highest BCUT2D eigenvalue weighted by molar-refractivity contribution is 7.24. The molecule has 2 fully saturated rings. The van der Waals surface area contributed by atoms with Crippen molar-refractivity contribution in [3.8, 4) is 0 Å². The van der Waals surface area contributed by atoms with Gasteiger partial charge in [-0.1, -0.05) is 12.1 Å². The molecule has 2 aliphatic rings. The molecule has 8 nitrogen and oxygen atoms in total. The molecule has 34 heavy (non-hydrogen) atoms. The zero-order chi connectivity index (χ0) is 22.8. The lowest BCUT2D eigenvalue weighted by molar-refractivity contribution is 0.386. The molecule has 0 aliphatic carbocycles. The van der Waals surface area contributed by atoms with Crippen molar-refractivity contribution in [2.45, 2.75) is 0 Å². The van der Waals surface area contributed by atoms with E-state index in [1.807, 2.05) is 24.3 Å². The summed E-state index contributed by atoms with van der Waals surface area (Å²) < 4.78 is 3.21. The minimum Gasteiger partial charge on any atom is -0.350 e. The van der Waals surface area contributed by atoms with E-state index in [0.717, 1.165) is 46.9 Å². The molecule has 0 bridgehead atoms. The summed E-state index contributed by atoms with van der Waals surface area (Å²) in [7, 11) is 2.19. The van der Waals surface area contributed by atoms with E-state index in [1.54, 1.807) is 29.9 Å². The number of aromatic nitrogens is 4. The third-order valence-electron chi connectivity index (χ3n) is 7.07. The number of likely N-dealkylation sites (tertiary alicyclic amines) is 1. The molecule has 2 unspecified atom stereocenters. The highest BCUT2D eigenvalue weighted by Gasteiger charge is 2.39. The number of benzene rings is 1. The smallest absolute Gasteiger partial charge is 0.227 e. The molecule has 7 rings (SSSR count). The van der Waals surface area contributed by atoms with Gasteiger partial charge in [-0.2, -0.15) is 4.98 Å². The Balaban J connectivity index is 1.43. The molecule has 0 radical (unpaired) electrons. The van der Waals surface area contributed by atoms with Gasteiger partial charge in [-0.3, -0.25) is 14.2 Å². The first-order valence-electron chi connectivity index (χ1n) is 11.5. The minimum atomic E-state index is -0.0927. The standard InChI is InChI=1S/C25H23N7OS/c1-30-11-15-13-31(14-16(15)12-30)25-27-10-18-22(33)21(28-17-6-8-26-9-7-17)24-32(23(18)29-25)19-4-2-3-5-20(19)34-24/h2-10,15-16H,11-14H2,1H3,(H,26,28). The summed E-state index contributed by atoms with van der Waals surface area (Å²) in [5.74, 6) is 2.02. The predicted molar refractivity (Wildman–Crippen MR) is 136 cm³/mol. The van der Waals surface area contributed by atoms with Crippen LogP contribution in [-0.2, 0) is 0 Å². The predicted octanol–water partition coefficient (Wildman–Crippen LogP) is 3.59. The maximum Gasteiger partial charge on any atom is 0.227 e. The van der Waals surface area contributed by atoms with E-state index in [9.17, 15) is 4.79 Å². The van der Waals surface area contributed by atoms with Crippen molar-refractivity contribution in [1.82, 2.24) is 24.3 Å². The highest BCUT2D eigenvalue weighted by atomic mass is 32.1. The van der Waals surface area contributed by atoms with Crippen LogP contribution in [0.4, 0.5) is 17.3 Å². The van der Waals surface area contributed by atoms with Gasteiger partial charge in [0.05, 0.1) is 15.6 Å². The Morgan fingerprint density at radius 2 is 1.79 bits per heavy atom. The molecular weight excluding hydrogens is 446 g/mol. The summed E-state index contributed by atoms with van der Waals surface area (Å²) in [5.41, 5.74) is 2.96. The van der Waals surface area contributed by atoms with Gasteiger partial charge < -0.3 is 15.1 Å². The van der Waals surface area contributed by atoms with E-state index in [1.165, 1.54) is 0 Å². The average Bonchev–Trinajstić information content (AvgIpc) is 3.53. The van der Waals surface area contributed by atoms with Gasteiger partial charge in [0.25, 0.3) is 0 Å². The molecule has 1 N–H and O–H groups in total. The van der Waals surface area contributed by atoms with E-state index >= 15 is 0 Å². The number of hydrogen-bond acceptors (Lipinski definition) is 8. The van der Waals surface area contributed by atoms with Gasteiger partial charge in [0.1, 0.15) is 10.5 Å². The van der Waals surface area contributed by atoms with Crippen molar-refractivity contribution in [2.75, 3.05) is 43.4 Å². The molecule has 0 saturated carbocycles. The highest BCUT2D eigenvalue weighted by Crippen LogP contribution is 2.35. The fourth-order valence-electron chi connectivity index (χ4n) is 5.52. The molecule has 0 spiro atoms. The molecule has 2 atom stereocenters. The Labute approximate surface area is 199 Å². The second-order valence-corrected chi connectivity index (χ2v) is 10.4. The third kappa shape index (κ3) is 3.00. The van der Waals surface area contributed by atoms with Crippen molar-refractivity contribution < 1.29 is 0 Å². The van der Waals surface area contributed by atoms with Crippen LogP contribution in [0.2, 0.25) is 0 Å². The number of rotatable bonds is 3. The zero-order valence-electron chi connectivity index (χ0n) is 18.7. The summed E-state index contributed by atoms with van der Waals surface area (Å²) in [6, 6.07) is 11.9. The fourth-order valence-corrected chi connectivity index (χ4v) is 6.66. The van der Waals surface area contributed by atoms with E-state index in [0.29, 0.717) is 34.5 Å². The number of hydrogen-bond donors (Lipinski definition) is 1. The number of nitrogens with zero attached hydrogens (tertiary/aromatic N) is 6. The topological polar surface area (TPSA) is 78.7 Å². The maximum absolute atomic E-state index is 13.7. The van der Waals surface area contributed by atoms with Gasteiger partial charge in [0.15, 0.2) is 5.65 Å². The van der Waals surface area contributed by atoms with Crippen molar-refractivity contribution in [2.24, 2.45) is 11.8 Å². The molecule has 5 aromatic rings. The summed E-state index contributed by atoms with van der Waals surface area (Å²) in [4.78, 5) is 33.0. The molecule has 4 aromatic heterocycles. The lowest BCUT2D eigenvalue weighted by Crippen LogP contribution is -2.28.